The predicted octanol–water partition coefficient (Wildman–Crippen LogP) is 1.43. The van der Waals surface area contributed by atoms with Crippen LogP contribution in [0.1, 0.15) is 32.1 Å². The van der Waals surface area contributed by atoms with Gasteiger partial charge in [-0.15, -0.1) is 0 Å². The van der Waals surface area contributed by atoms with Gasteiger partial charge in [-0.25, -0.2) is 0 Å². The van der Waals surface area contributed by atoms with E-state index in [9.17, 15) is 0 Å². The molecule has 0 aromatic rings. The van der Waals surface area contributed by atoms with E-state index in [1.54, 1.807) is 0 Å². The van der Waals surface area contributed by atoms with Gasteiger partial charge in [0.25, 0.3) is 0 Å². The molecule has 0 atom stereocenters. The number of nitrogens with two attached hydrogens (primary N) is 1. The zero-order valence-corrected chi connectivity index (χ0v) is 9.05. The Hall–Kier alpha value is -0.570. The molecule has 0 aromatic carbocycles. The maximum atomic E-state index is 7.35. The second kappa shape index (κ2) is 3.54. The van der Waals surface area contributed by atoms with Gasteiger partial charge in [-0.1, -0.05) is 0 Å². The first-order chi connectivity index (χ1) is 6.60. The van der Waals surface area contributed by atoms with Crippen LogP contribution in [0.2, 0.25) is 0 Å². The van der Waals surface area contributed by atoms with Crippen LogP contribution >= 0.6 is 0 Å². The fourth-order valence-electron chi connectivity index (χ4n) is 2.35. The Balaban J connectivity index is 1.74. The van der Waals surface area contributed by atoms with Gasteiger partial charge in [0.05, 0.1) is 5.84 Å². The predicted molar refractivity (Wildman–Crippen MR) is 58.4 cm³/mol. The van der Waals surface area contributed by atoms with Crippen LogP contribution in [0.4, 0.5) is 0 Å². The summed E-state index contributed by atoms with van der Waals surface area (Å²) < 4.78 is 0. The van der Waals surface area contributed by atoms with Crippen molar-refractivity contribution in [2.24, 2.45) is 17.1 Å². The van der Waals surface area contributed by atoms with Gasteiger partial charge in [0.1, 0.15) is 0 Å². The van der Waals surface area contributed by atoms with Crippen molar-refractivity contribution in [3.63, 3.8) is 0 Å². The van der Waals surface area contributed by atoms with Crippen molar-refractivity contribution in [3.8, 4) is 0 Å². The highest BCUT2D eigenvalue weighted by Crippen LogP contribution is 2.49. The topological polar surface area (TPSA) is 53.1 Å². The van der Waals surface area contributed by atoms with Crippen LogP contribution in [0, 0.1) is 16.7 Å². The molecule has 2 aliphatic rings. The second-order valence-corrected chi connectivity index (χ2v) is 5.34. The van der Waals surface area contributed by atoms with Gasteiger partial charge >= 0.3 is 0 Å². The molecular formula is C11H21N3. The highest BCUT2D eigenvalue weighted by molar-refractivity contribution is 5.78. The van der Waals surface area contributed by atoms with E-state index in [-0.39, 0.29) is 0 Å². The van der Waals surface area contributed by atoms with E-state index in [0.717, 1.165) is 18.9 Å². The molecule has 0 amide bonds. The molecule has 14 heavy (non-hydrogen) atoms. The molecule has 0 heterocycles. The first kappa shape index (κ1) is 9.97. The molecule has 0 bridgehead atoms. The molecule has 3 nitrogen and oxygen atoms in total. The Bertz CT molecular complexity index is 229. The molecule has 0 aromatic heterocycles. The van der Waals surface area contributed by atoms with Gasteiger partial charge in [-0.3, -0.25) is 5.41 Å². The van der Waals surface area contributed by atoms with E-state index in [1.165, 1.54) is 32.2 Å². The number of amidine groups is 1. The number of hydrogen-bond acceptors (Lipinski definition) is 2. The van der Waals surface area contributed by atoms with Gasteiger partial charge in [0.2, 0.25) is 0 Å². The molecule has 2 rings (SSSR count). The van der Waals surface area contributed by atoms with Gasteiger partial charge in [0, 0.05) is 19.5 Å². The number of nitrogens with zero attached hydrogens (tertiary/aromatic N) is 1. The molecule has 0 radical (unpaired) electrons. The molecule has 3 heteroatoms. The van der Waals surface area contributed by atoms with Crippen molar-refractivity contribution in [2.75, 3.05) is 20.1 Å². The molecule has 0 aliphatic heterocycles. The lowest BCUT2D eigenvalue weighted by molar-refractivity contribution is 0.257. The normalized spacial score (nSPS) is 23.9. The van der Waals surface area contributed by atoms with E-state index in [0.29, 0.717) is 11.3 Å². The van der Waals surface area contributed by atoms with Crippen LogP contribution < -0.4 is 5.73 Å². The van der Waals surface area contributed by atoms with Crippen molar-refractivity contribution in [1.29, 1.82) is 5.41 Å². The Morgan fingerprint density at radius 1 is 1.50 bits per heavy atom. The minimum atomic E-state index is 0.363. The minimum Gasteiger partial charge on any atom is -0.388 e. The lowest BCUT2D eigenvalue weighted by Gasteiger charge is -2.23. The van der Waals surface area contributed by atoms with Gasteiger partial charge < -0.3 is 10.6 Å². The highest BCUT2D eigenvalue weighted by atomic mass is 15.1. The summed E-state index contributed by atoms with van der Waals surface area (Å²) in [6.45, 7) is 2.39. The van der Waals surface area contributed by atoms with Crippen molar-refractivity contribution in [2.45, 2.75) is 32.1 Å². The molecule has 2 fully saturated rings. The smallest absolute Gasteiger partial charge is 0.0911 e. The van der Waals surface area contributed by atoms with E-state index in [1.807, 2.05) is 0 Å². The van der Waals surface area contributed by atoms with E-state index in [2.05, 4.69) is 11.9 Å². The first-order valence-corrected chi connectivity index (χ1v) is 5.61. The second-order valence-electron chi connectivity index (χ2n) is 5.34. The van der Waals surface area contributed by atoms with Gasteiger partial charge in [0.15, 0.2) is 0 Å². The number of rotatable bonds is 6. The highest BCUT2D eigenvalue weighted by Gasteiger charge is 2.44. The van der Waals surface area contributed by atoms with Crippen molar-refractivity contribution in [3.05, 3.63) is 0 Å². The third kappa shape index (κ3) is 2.71. The first-order valence-electron chi connectivity index (χ1n) is 5.61. The van der Waals surface area contributed by atoms with Crippen molar-refractivity contribution in [1.82, 2.24) is 4.90 Å². The summed E-state index contributed by atoms with van der Waals surface area (Å²) in [4.78, 5) is 2.44. The summed E-state index contributed by atoms with van der Waals surface area (Å²) in [7, 11) is 2.21. The third-order valence-corrected chi connectivity index (χ3v) is 3.39. The zero-order valence-electron chi connectivity index (χ0n) is 9.05. The van der Waals surface area contributed by atoms with Crippen LogP contribution in [0.15, 0.2) is 0 Å². The largest absolute Gasteiger partial charge is 0.388 e. The van der Waals surface area contributed by atoms with Crippen LogP contribution in [0.5, 0.6) is 0 Å². The van der Waals surface area contributed by atoms with E-state index in [4.69, 9.17) is 11.1 Å². The van der Waals surface area contributed by atoms with Crippen LogP contribution in [-0.2, 0) is 0 Å². The summed E-state index contributed by atoms with van der Waals surface area (Å²) in [5.41, 5.74) is 5.86. The Morgan fingerprint density at radius 3 is 2.57 bits per heavy atom. The summed E-state index contributed by atoms with van der Waals surface area (Å²) in [5.74, 6) is 1.33. The summed E-state index contributed by atoms with van der Waals surface area (Å²) in [6.07, 6.45) is 6.18. The van der Waals surface area contributed by atoms with Crippen LogP contribution in [0.25, 0.3) is 0 Å². The van der Waals surface area contributed by atoms with Gasteiger partial charge in [-0.2, -0.15) is 0 Å². The van der Waals surface area contributed by atoms with E-state index >= 15 is 0 Å². The maximum Gasteiger partial charge on any atom is 0.0911 e. The molecular weight excluding hydrogens is 174 g/mol. The average Bonchev–Trinajstić information content (AvgIpc) is 2.88. The molecule has 0 spiro atoms. The standard InChI is InChI=1S/C11H21N3/c1-14(7-9-2-3-9)8-11(4-5-11)6-10(12)13/h9H,2-8H2,1H3,(H3,12,13). The van der Waals surface area contributed by atoms with Gasteiger partial charge in [-0.05, 0) is 44.1 Å². The molecule has 80 valence electrons. The Labute approximate surface area is 86.2 Å². The SMILES string of the molecule is CN(CC1CC1)CC1(CC(=N)N)CC1. The lowest BCUT2D eigenvalue weighted by atomic mass is 10.0. The molecule has 0 saturated heterocycles. The lowest BCUT2D eigenvalue weighted by Crippen LogP contribution is -2.31. The van der Waals surface area contributed by atoms with Crippen LogP contribution in [-0.4, -0.2) is 30.9 Å². The van der Waals surface area contributed by atoms with Crippen LogP contribution in [0.3, 0.4) is 0 Å². The molecule has 2 saturated carbocycles. The maximum absolute atomic E-state index is 7.35. The van der Waals surface area contributed by atoms with Crippen molar-refractivity contribution >= 4 is 5.84 Å². The molecule has 0 unspecified atom stereocenters. The molecule has 3 N–H and O–H groups in total. The zero-order chi connectivity index (χ0) is 10.2. The number of hydrogen-bond donors (Lipinski definition) is 2. The fraction of sp³-hybridized carbons (Fsp3) is 0.909. The molecule has 2 aliphatic carbocycles. The third-order valence-electron chi connectivity index (χ3n) is 3.39. The average molecular weight is 195 g/mol. The monoisotopic (exact) mass is 195 g/mol. The van der Waals surface area contributed by atoms with E-state index < -0.39 is 0 Å². The summed E-state index contributed by atoms with van der Waals surface area (Å²) in [6, 6.07) is 0. The van der Waals surface area contributed by atoms with Crippen molar-refractivity contribution < 1.29 is 0 Å². The minimum absolute atomic E-state index is 0.363. The summed E-state index contributed by atoms with van der Waals surface area (Å²) in [5, 5.41) is 7.35. The Kier molecular flexibility index (Phi) is 2.52. The Morgan fingerprint density at radius 2 is 2.14 bits per heavy atom. The number of nitrogens with one attached hydrogen (secondary N) is 1. The summed E-state index contributed by atoms with van der Waals surface area (Å²) >= 11 is 0. The fourth-order valence-corrected chi connectivity index (χ4v) is 2.35. The quantitative estimate of drug-likeness (QED) is 0.497.